The van der Waals surface area contributed by atoms with Gasteiger partial charge < -0.3 is 66.6 Å². The smallest absolute Gasteiger partial charge is 0.320 e. The van der Waals surface area contributed by atoms with E-state index in [1.807, 2.05) is 125 Å². The maximum absolute atomic E-state index is 5.93. The summed E-state index contributed by atoms with van der Waals surface area (Å²) >= 11 is 6.45. The van der Waals surface area contributed by atoms with Crippen LogP contribution in [0.1, 0.15) is 169 Å². The summed E-state index contributed by atoms with van der Waals surface area (Å²) in [4.78, 5) is 84.2. The van der Waals surface area contributed by atoms with Crippen molar-refractivity contribution in [2.75, 3.05) is 134 Å². The lowest BCUT2D eigenvalue weighted by molar-refractivity contribution is 0.145. The minimum Gasteiger partial charge on any atom is -0.476 e. The van der Waals surface area contributed by atoms with Gasteiger partial charge in [0.05, 0.1) is 22.8 Å². The number of aryl methyl sites for hydroxylation is 7. The topological polar surface area (TPSA) is 423 Å². The number of thiazole rings is 4. The van der Waals surface area contributed by atoms with Crippen LogP contribution in [0.2, 0.25) is 0 Å². The van der Waals surface area contributed by atoms with Gasteiger partial charge in [-0.25, -0.2) is 54.8 Å². The number of pyridine rings is 4. The van der Waals surface area contributed by atoms with Crippen molar-refractivity contribution in [3.05, 3.63) is 157 Å². The Bertz CT molecular complexity index is 5240. The molecule has 4 atom stereocenters. The largest absolute Gasteiger partial charge is 0.476 e. The number of nitrogens with zero attached hydrogens (tertiary/aromatic N) is 20. The number of hydrogen-bond donors (Lipinski definition) is 5. The van der Waals surface area contributed by atoms with Gasteiger partial charge in [0, 0.05) is 158 Å². The summed E-state index contributed by atoms with van der Waals surface area (Å²) in [5.74, 6) is 4.18. The molecule has 125 heavy (non-hydrogen) atoms. The van der Waals surface area contributed by atoms with E-state index in [0.29, 0.717) is 67.4 Å². The van der Waals surface area contributed by atoms with Gasteiger partial charge in [0.2, 0.25) is 23.5 Å². The van der Waals surface area contributed by atoms with Crippen molar-refractivity contribution in [2.45, 2.75) is 158 Å². The van der Waals surface area contributed by atoms with Gasteiger partial charge in [-0.2, -0.15) is 24.9 Å². The molecule has 4 aliphatic rings. The van der Waals surface area contributed by atoms with E-state index in [2.05, 4.69) is 79.4 Å². The molecular formula is C88H113N25O8S4. The van der Waals surface area contributed by atoms with Crippen LogP contribution in [0.15, 0.2) is 97.6 Å². The van der Waals surface area contributed by atoms with Crippen LogP contribution < -0.4 is 66.6 Å². The van der Waals surface area contributed by atoms with Crippen molar-refractivity contribution < 1.29 is 37.9 Å². The Labute approximate surface area is 745 Å². The zero-order valence-corrected chi connectivity index (χ0v) is 76.2. The van der Waals surface area contributed by atoms with E-state index in [9.17, 15) is 0 Å². The van der Waals surface area contributed by atoms with E-state index in [4.69, 9.17) is 86.5 Å². The number of likely N-dealkylation sites (tertiary alicyclic amines) is 4. The molecule has 0 unspecified atom stereocenters. The molecule has 0 saturated carbocycles. The number of aromatic nitrogens is 16. The Hall–Kier alpha value is -11.3. The molecule has 4 aliphatic heterocycles. The standard InChI is InChI=1S/C23H30N6O2S.C22H29N7O2S.C22H28N6O2S.C21H26N6O2S/c1-15-13-19(24)27-23(26-15)31-16(2)21-17(3)32-22(28-21)18-7-8-25-20(14-18)30-12-11-29-9-5-4-6-10-29;1-14(31-22-26-17(23)13-18(24)27-22)20-15(2)32-21(28-20)16-6-7-25-19(12-16)30-11-10-29-8-4-3-5-9-29;1-14-12-18(23)26-22(25-14)30-15(2)20-16(3)31-21(27-20)17-6-7-24-19(13-17)29-11-10-28-8-4-5-9-28;1-13-11-17(22)25-21(24-13)29-14(2)19-15(3)30-20(26-19)16-5-6-23-18(12-16)28-10-9-27-7-4-8-27/h7-8,13-14,16H,4-6,9-12H2,1-3H3,(H2,24,26,27);6-7,12-14H,3-5,8-11H2,1-2H3,(H4,23,24,26,27);6-7,12-13,15H,4-5,8-11H2,1-3H3,(H2,23,25,26);5-6,11-12,14H,4,7-10H2,1-3H3,(H2,22,24,25)/t16-;14-;15-;14-/m0000/s1. The summed E-state index contributed by atoms with van der Waals surface area (Å²) in [6, 6.07) is 23.1. The Balaban J connectivity index is 0.000000143. The summed E-state index contributed by atoms with van der Waals surface area (Å²) in [6.07, 6.45) is 17.4. The van der Waals surface area contributed by atoms with Crippen molar-refractivity contribution >= 4 is 74.4 Å². The number of hydrogen-bond acceptors (Lipinski definition) is 37. The molecule has 662 valence electrons. The molecule has 0 amide bonds. The van der Waals surface area contributed by atoms with E-state index >= 15 is 0 Å². The number of anilines is 5. The van der Waals surface area contributed by atoms with Crippen LogP contribution in [-0.4, -0.2) is 204 Å². The molecule has 0 aliphatic carbocycles. The van der Waals surface area contributed by atoms with Crippen molar-refractivity contribution in [3.8, 4) is 89.8 Å². The van der Waals surface area contributed by atoms with Crippen LogP contribution in [0.5, 0.6) is 47.6 Å². The van der Waals surface area contributed by atoms with Crippen molar-refractivity contribution in [1.82, 2.24) is 99.3 Å². The van der Waals surface area contributed by atoms with Gasteiger partial charge in [-0.15, -0.1) is 45.3 Å². The highest BCUT2D eigenvalue weighted by molar-refractivity contribution is 7.16. The van der Waals surface area contributed by atoms with Crippen LogP contribution in [0.4, 0.5) is 29.1 Å². The van der Waals surface area contributed by atoms with E-state index in [1.54, 1.807) is 88.3 Å². The van der Waals surface area contributed by atoms with Crippen LogP contribution in [0.25, 0.3) is 42.3 Å². The summed E-state index contributed by atoms with van der Waals surface area (Å²) in [7, 11) is 0. The molecule has 4 saturated heterocycles. The molecule has 12 aromatic heterocycles. The quantitative estimate of drug-likeness (QED) is 0.0261. The van der Waals surface area contributed by atoms with E-state index in [-0.39, 0.29) is 60.1 Å². The maximum Gasteiger partial charge on any atom is 0.320 e. The molecule has 10 N–H and O–H groups in total. The highest BCUT2D eigenvalue weighted by Gasteiger charge is 2.26. The average molecular weight is 1780 g/mol. The molecule has 0 radical (unpaired) electrons. The summed E-state index contributed by atoms with van der Waals surface area (Å²) in [5, 5.41) is 3.59. The molecule has 16 rings (SSSR count). The molecule has 4 fully saturated rings. The lowest BCUT2D eigenvalue weighted by atomic mass is 10.1. The van der Waals surface area contributed by atoms with Gasteiger partial charge in [-0.3, -0.25) is 19.6 Å². The maximum atomic E-state index is 5.93. The van der Waals surface area contributed by atoms with Gasteiger partial charge >= 0.3 is 24.0 Å². The Morgan fingerprint density at radius 2 is 0.512 bits per heavy atom. The van der Waals surface area contributed by atoms with E-state index < -0.39 is 0 Å². The second-order valence-electron chi connectivity index (χ2n) is 31.0. The second kappa shape index (κ2) is 44.5. The first-order valence-electron chi connectivity index (χ1n) is 42.5. The fourth-order valence-electron chi connectivity index (χ4n) is 14.4. The zero-order valence-electron chi connectivity index (χ0n) is 73.0. The summed E-state index contributed by atoms with van der Waals surface area (Å²) in [6.45, 7) is 37.0. The first-order valence-corrected chi connectivity index (χ1v) is 45.7. The number of piperidine rings is 2. The number of nitrogen functional groups attached to an aromatic ring is 5. The molecule has 33 nitrogen and oxygen atoms in total. The van der Waals surface area contributed by atoms with Crippen molar-refractivity contribution in [1.29, 1.82) is 0 Å². The third kappa shape index (κ3) is 27.1. The van der Waals surface area contributed by atoms with E-state index in [0.717, 1.165) is 141 Å². The van der Waals surface area contributed by atoms with Gasteiger partial charge in [0.25, 0.3) is 0 Å². The molecule has 0 aromatic carbocycles. The Kier molecular flexibility index (Phi) is 32.5. The predicted octanol–water partition coefficient (Wildman–Crippen LogP) is 14.9. The lowest BCUT2D eigenvalue weighted by Crippen LogP contribution is -2.39. The Morgan fingerprint density at radius 3 is 0.744 bits per heavy atom. The normalized spacial score (nSPS) is 15.3. The number of rotatable bonds is 32. The van der Waals surface area contributed by atoms with Gasteiger partial charge in [-0.1, -0.05) is 12.8 Å². The van der Waals surface area contributed by atoms with Gasteiger partial charge in [-0.05, 0) is 198 Å². The molecule has 16 heterocycles. The minimum absolute atomic E-state index is 0.136. The SMILES string of the molecule is Cc1cc(N)nc(O[C@@H](C)c2nc(-c3ccnc(OCCN4CCC4)c3)sc2C)n1.Cc1cc(N)nc(O[C@@H](C)c2nc(-c3ccnc(OCCN4CCCC4)c3)sc2C)n1.Cc1cc(N)nc(O[C@@H](C)c2nc(-c3ccnc(OCCN4CCCCC4)c3)sc2C)n1.Cc1sc(-c2ccnc(OCCN3CCCCC3)c2)nc1[C@H](C)Oc1nc(N)cc(N)n1. The lowest BCUT2D eigenvalue weighted by Gasteiger charge is -2.30. The predicted molar refractivity (Wildman–Crippen MR) is 490 cm³/mol. The molecule has 37 heteroatoms. The summed E-state index contributed by atoms with van der Waals surface area (Å²) < 4.78 is 47.2. The van der Waals surface area contributed by atoms with E-state index in [1.165, 1.54) is 103 Å². The first-order chi connectivity index (χ1) is 60.4. The zero-order chi connectivity index (χ0) is 87.9. The van der Waals surface area contributed by atoms with Crippen molar-refractivity contribution in [2.24, 2.45) is 0 Å². The molecule has 0 bridgehead atoms. The van der Waals surface area contributed by atoms with Crippen LogP contribution in [0.3, 0.4) is 0 Å². The van der Waals surface area contributed by atoms with Crippen LogP contribution in [0, 0.1) is 48.5 Å². The third-order valence-corrected chi connectivity index (χ3v) is 25.0. The van der Waals surface area contributed by atoms with Crippen LogP contribution >= 0.6 is 45.3 Å². The van der Waals surface area contributed by atoms with Gasteiger partial charge in [0.1, 0.15) is 100.0 Å². The molecule has 0 spiro atoms. The Morgan fingerprint density at radius 1 is 0.288 bits per heavy atom. The number of nitrogens with two attached hydrogens (primary N) is 5. The minimum atomic E-state index is -0.358. The van der Waals surface area contributed by atoms with Gasteiger partial charge in [0.15, 0.2) is 0 Å². The van der Waals surface area contributed by atoms with Crippen LogP contribution in [-0.2, 0) is 0 Å². The first kappa shape index (κ1) is 91.4. The average Bonchev–Trinajstić information content (AvgIpc) is 1.70. The highest BCUT2D eigenvalue weighted by Crippen LogP contribution is 2.39. The second-order valence-corrected chi connectivity index (χ2v) is 35.8. The summed E-state index contributed by atoms with van der Waals surface area (Å²) in [5.41, 5.74) is 38.5. The fraction of sp³-hybridized carbons (Fsp3) is 0.455. The molecule has 12 aromatic rings. The van der Waals surface area contributed by atoms with Crippen molar-refractivity contribution in [3.63, 3.8) is 0 Å². The number of ether oxygens (including phenoxy) is 8. The molecular weight excluding hydrogens is 1660 g/mol. The highest BCUT2D eigenvalue weighted by atomic mass is 32.1. The third-order valence-electron chi connectivity index (χ3n) is 20.9. The monoisotopic (exact) mass is 1780 g/mol. The fourth-order valence-corrected chi connectivity index (χ4v) is 18.4.